The summed E-state index contributed by atoms with van der Waals surface area (Å²) < 4.78 is 0. The normalized spacial score (nSPS) is 17.9. The Morgan fingerprint density at radius 3 is 2.71 bits per heavy atom. The third kappa shape index (κ3) is 0.898. The van der Waals surface area contributed by atoms with Crippen molar-refractivity contribution in [2.75, 3.05) is 0 Å². The molecular weight excluding hydrogens is 172 g/mol. The maximum absolute atomic E-state index is 9.07. The first kappa shape index (κ1) is 7.64. The average molecular weight is 182 g/mol. The van der Waals surface area contributed by atoms with E-state index in [1.807, 2.05) is 18.2 Å². The van der Waals surface area contributed by atoms with Gasteiger partial charge in [0.05, 0.1) is 11.5 Å². The number of aromatic nitrogens is 1. The number of nitrogens with one attached hydrogen (secondary N) is 1. The van der Waals surface area contributed by atoms with Gasteiger partial charge in [0.15, 0.2) is 0 Å². The smallest absolute Gasteiger partial charge is 0.0972 e. The van der Waals surface area contributed by atoms with Crippen LogP contribution in [-0.2, 0) is 5.41 Å². The summed E-state index contributed by atoms with van der Waals surface area (Å²) in [5, 5.41) is 10.3. The Morgan fingerprint density at radius 1 is 1.29 bits per heavy atom. The van der Waals surface area contributed by atoms with E-state index in [0.717, 1.165) is 24.1 Å². The first-order valence-corrected chi connectivity index (χ1v) is 4.84. The molecule has 3 rings (SSSR count). The summed E-state index contributed by atoms with van der Waals surface area (Å²) in [4.78, 5) is 3.33. The zero-order valence-electron chi connectivity index (χ0n) is 7.75. The molecule has 2 heteroatoms. The molecule has 1 aromatic carbocycles. The van der Waals surface area contributed by atoms with Crippen LogP contribution >= 0.6 is 0 Å². The van der Waals surface area contributed by atoms with Crippen molar-refractivity contribution in [1.29, 1.82) is 5.26 Å². The highest BCUT2D eigenvalue weighted by atomic mass is 14.8. The monoisotopic (exact) mass is 182 g/mol. The number of hydrogen-bond acceptors (Lipinski definition) is 1. The number of nitrogens with zero attached hydrogens (tertiary/aromatic N) is 1. The van der Waals surface area contributed by atoms with Crippen LogP contribution in [-0.4, -0.2) is 4.98 Å². The van der Waals surface area contributed by atoms with Gasteiger partial charge < -0.3 is 4.98 Å². The standard InChI is InChI=1S/C12H10N2/c13-8-12(5-6-12)11-7-9-3-1-2-4-10(9)14-11/h1-4,7,14H,5-6H2. The minimum atomic E-state index is -0.195. The van der Waals surface area contributed by atoms with Crippen LogP contribution < -0.4 is 0 Å². The zero-order valence-corrected chi connectivity index (χ0v) is 7.75. The summed E-state index contributed by atoms with van der Waals surface area (Å²) in [6.07, 6.45) is 1.99. The van der Waals surface area contributed by atoms with Gasteiger partial charge >= 0.3 is 0 Å². The molecule has 0 amide bonds. The van der Waals surface area contributed by atoms with Crippen molar-refractivity contribution in [2.45, 2.75) is 18.3 Å². The van der Waals surface area contributed by atoms with Gasteiger partial charge in [-0.15, -0.1) is 0 Å². The van der Waals surface area contributed by atoms with Crippen LogP contribution in [0.5, 0.6) is 0 Å². The lowest BCUT2D eigenvalue weighted by Gasteiger charge is -1.99. The number of para-hydroxylation sites is 1. The topological polar surface area (TPSA) is 39.6 Å². The van der Waals surface area contributed by atoms with Crippen molar-refractivity contribution < 1.29 is 0 Å². The molecular formula is C12H10N2. The lowest BCUT2D eigenvalue weighted by Crippen LogP contribution is -2.01. The summed E-state index contributed by atoms with van der Waals surface area (Å²) >= 11 is 0. The lowest BCUT2D eigenvalue weighted by atomic mass is 10.1. The van der Waals surface area contributed by atoms with E-state index in [2.05, 4.69) is 23.2 Å². The number of hydrogen-bond donors (Lipinski definition) is 1. The molecule has 1 N–H and O–H groups in total. The molecule has 0 spiro atoms. The van der Waals surface area contributed by atoms with E-state index in [-0.39, 0.29) is 5.41 Å². The van der Waals surface area contributed by atoms with Crippen LogP contribution in [0.2, 0.25) is 0 Å². The number of nitriles is 1. The molecule has 1 aliphatic rings. The maximum Gasteiger partial charge on any atom is 0.0972 e. The second-order valence-electron chi connectivity index (χ2n) is 3.96. The number of benzene rings is 1. The van der Waals surface area contributed by atoms with E-state index in [4.69, 9.17) is 5.26 Å². The molecule has 0 bridgehead atoms. The lowest BCUT2D eigenvalue weighted by molar-refractivity contribution is 0.872. The molecule has 1 aromatic heterocycles. The SMILES string of the molecule is N#CC1(c2cc3ccccc3[nH]2)CC1. The molecule has 0 saturated heterocycles. The van der Waals surface area contributed by atoms with Crippen molar-refractivity contribution in [3.63, 3.8) is 0 Å². The molecule has 14 heavy (non-hydrogen) atoms. The number of fused-ring (bicyclic) bond motifs is 1. The number of aromatic amines is 1. The van der Waals surface area contributed by atoms with Crippen LogP contribution in [0.4, 0.5) is 0 Å². The summed E-state index contributed by atoms with van der Waals surface area (Å²) in [5.41, 5.74) is 2.02. The molecule has 0 radical (unpaired) electrons. The molecule has 2 nitrogen and oxygen atoms in total. The largest absolute Gasteiger partial charge is 0.357 e. The van der Waals surface area contributed by atoms with Crippen molar-refractivity contribution in [2.24, 2.45) is 0 Å². The van der Waals surface area contributed by atoms with E-state index in [1.54, 1.807) is 0 Å². The highest BCUT2D eigenvalue weighted by molar-refractivity contribution is 5.81. The van der Waals surface area contributed by atoms with Crippen molar-refractivity contribution in [3.8, 4) is 6.07 Å². The Kier molecular flexibility index (Phi) is 1.30. The molecule has 1 heterocycles. The molecule has 0 atom stereocenters. The van der Waals surface area contributed by atoms with E-state index in [0.29, 0.717) is 0 Å². The number of H-pyrrole nitrogens is 1. The summed E-state index contributed by atoms with van der Waals surface area (Å²) in [5.74, 6) is 0. The van der Waals surface area contributed by atoms with Gasteiger partial charge in [-0.1, -0.05) is 18.2 Å². The minimum absolute atomic E-state index is 0.195. The van der Waals surface area contributed by atoms with Gasteiger partial charge in [0.1, 0.15) is 0 Å². The first-order chi connectivity index (χ1) is 6.84. The highest BCUT2D eigenvalue weighted by Gasteiger charge is 2.46. The van der Waals surface area contributed by atoms with Crippen molar-refractivity contribution in [3.05, 3.63) is 36.0 Å². The van der Waals surface area contributed by atoms with E-state index in [9.17, 15) is 0 Å². The third-order valence-electron chi connectivity index (χ3n) is 3.01. The predicted octanol–water partition coefficient (Wildman–Crippen LogP) is 2.72. The van der Waals surface area contributed by atoms with E-state index >= 15 is 0 Å². The van der Waals surface area contributed by atoms with Gasteiger partial charge in [-0.05, 0) is 30.4 Å². The third-order valence-corrected chi connectivity index (χ3v) is 3.01. The first-order valence-electron chi connectivity index (χ1n) is 4.84. The fraction of sp³-hybridized carbons (Fsp3) is 0.250. The predicted molar refractivity (Wildman–Crippen MR) is 54.8 cm³/mol. The average Bonchev–Trinajstić information content (AvgIpc) is 2.91. The second kappa shape index (κ2) is 2.39. The van der Waals surface area contributed by atoms with Gasteiger partial charge in [-0.25, -0.2) is 0 Å². The Bertz CT molecular complexity index is 493. The van der Waals surface area contributed by atoms with Gasteiger partial charge in [0.25, 0.3) is 0 Å². The van der Waals surface area contributed by atoms with E-state index < -0.39 is 0 Å². The summed E-state index contributed by atoms with van der Waals surface area (Å²) in [6.45, 7) is 0. The maximum atomic E-state index is 9.07. The quantitative estimate of drug-likeness (QED) is 0.723. The molecule has 0 unspecified atom stereocenters. The molecule has 1 aliphatic carbocycles. The van der Waals surface area contributed by atoms with Crippen LogP contribution in [0.1, 0.15) is 18.5 Å². The molecule has 1 saturated carbocycles. The number of rotatable bonds is 1. The Morgan fingerprint density at radius 2 is 2.07 bits per heavy atom. The van der Waals surface area contributed by atoms with Crippen molar-refractivity contribution in [1.82, 2.24) is 4.98 Å². The molecule has 1 fully saturated rings. The summed E-state index contributed by atoms with van der Waals surface area (Å²) in [7, 11) is 0. The Labute approximate surface area is 82.2 Å². The highest BCUT2D eigenvalue weighted by Crippen LogP contribution is 2.47. The van der Waals surface area contributed by atoms with Gasteiger partial charge in [0, 0.05) is 11.2 Å². The molecule has 68 valence electrons. The van der Waals surface area contributed by atoms with Gasteiger partial charge in [-0.2, -0.15) is 5.26 Å². The summed E-state index contributed by atoms with van der Waals surface area (Å²) in [6, 6.07) is 12.6. The van der Waals surface area contributed by atoms with Crippen LogP contribution in [0.15, 0.2) is 30.3 Å². The molecule has 2 aromatic rings. The van der Waals surface area contributed by atoms with E-state index in [1.165, 1.54) is 5.39 Å². The van der Waals surface area contributed by atoms with Gasteiger partial charge in [-0.3, -0.25) is 0 Å². The molecule has 0 aliphatic heterocycles. The van der Waals surface area contributed by atoms with Crippen LogP contribution in [0.3, 0.4) is 0 Å². The van der Waals surface area contributed by atoms with Crippen molar-refractivity contribution >= 4 is 10.9 Å². The van der Waals surface area contributed by atoms with Gasteiger partial charge in [0.2, 0.25) is 0 Å². The second-order valence-corrected chi connectivity index (χ2v) is 3.96. The van der Waals surface area contributed by atoms with Crippen LogP contribution in [0.25, 0.3) is 10.9 Å². The Hall–Kier alpha value is -1.75. The zero-order chi connectivity index (χ0) is 9.60. The fourth-order valence-corrected chi connectivity index (χ4v) is 1.90. The Balaban J connectivity index is 2.21. The van der Waals surface area contributed by atoms with Crippen LogP contribution in [0, 0.1) is 11.3 Å². The minimum Gasteiger partial charge on any atom is -0.357 e. The fourth-order valence-electron chi connectivity index (χ4n) is 1.90.